The summed E-state index contributed by atoms with van der Waals surface area (Å²) in [6.45, 7) is 8.71. The van der Waals surface area contributed by atoms with Gasteiger partial charge in [0.1, 0.15) is 12.1 Å². The Kier molecular flexibility index (Phi) is 11.0. The lowest BCUT2D eigenvalue weighted by Gasteiger charge is -2.15. The first-order valence-corrected chi connectivity index (χ1v) is 9.88. The quantitative estimate of drug-likeness (QED) is 0.617. The molecule has 1 atom stereocenters. The van der Waals surface area contributed by atoms with Gasteiger partial charge in [-0.15, -0.1) is 0 Å². The lowest BCUT2D eigenvalue weighted by atomic mass is 10.1. The third kappa shape index (κ3) is 9.19. The molecule has 7 nitrogen and oxygen atoms in total. The number of ether oxygens (including phenoxy) is 1. The molecule has 0 radical (unpaired) electrons. The Morgan fingerprint density at radius 2 is 1.97 bits per heavy atom. The van der Waals surface area contributed by atoms with Crippen molar-refractivity contribution in [3.8, 4) is 5.88 Å². The van der Waals surface area contributed by atoms with E-state index in [1.165, 1.54) is 0 Å². The van der Waals surface area contributed by atoms with Gasteiger partial charge in [0.2, 0.25) is 5.88 Å². The fourth-order valence-electron chi connectivity index (χ4n) is 2.17. The Hall–Kier alpha value is -2.96. The van der Waals surface area contributed by atoms with E-state index in [-0.39, 0.29) is 11.9 Å². The lowest BCUT2D eigenvalue weighted by Crippen LogP contribution is -2.26. The molecule has 2 rings (SSSR count). The van der Waals surface area contributed by atoms with Crippen LogP contribution in [0.15, 0.2) is 36.7 Å². The van der Waals surface area contributed by atoms with Crippen molar-refractivity contribution in [2.24, 2.45) is 5.92 Å². The number of nitrogens with one attached hydrogen (secondary N) is 2. The fourth-order valence-corrected chi connectivity index (χ4v) is 2.17. The molecule has 0 bridgehead atoms. The molecular weight excluding hydrogens is 368 g/mol. The molecule has 2 heterocycles. The van der Waals surface area contributed by atoms with Gasteiger partial charge in [0, 0.05) is 37.5 Å². The van der Waals surface area contributed by atoms with Gasteiger partial charge < -0.3 is 20.2 Å². The number of unbranched alkanes of at least 4 members (excludes halogenated alkanes) is 1. The lowest BCUT2D eigenvalue weighted by molar-refractivity contribution is -0.107. The summed E-state index contributed by atoms with van der Waals surface area (Å²) in [6, 6.07) is 6.98. The minimum atomic E-state index is -0.157. The van der Waals surface area contributed by atoms with Gasteiger partial charge in [-0.3, -0.25) is 4.79 Å². The third-order valence-electron chi connectivity index (χ3n) is 3.86. The first-order chi connectivity index (χ1) is 13.9. The Morgan fingerprint density at radius 3 is 2.48 bits per heavy atom. The van der Waals surface area contributed by atoms with Crippen LogP contribution in [0.1, 0.15) is 62.5 Å². The van der Waals surface area contributed by atoms with Crippen LogP contribution in [0.5, 0.6) is 5.88 Å². The Bertz CT molecular complexity index is 748. The molecule has 0 fully saturated rings. The molecule has 29 heavy (non-hydrogen) atoms. The van der Waals surface area contributed by atoms with Gasteiger partial charge in [0.05, 0.1) is 12.6 Å². The van der Waals surface area contributed by atoms with E-state index in [9.17, 15) is 9.59 Å². The molecule has 1 unspecified atom stereocenters. The second-order valence-corrected chi connectivity index (χ2v) is 6.96. The highest BCUT2D eigenvalue weighted by Crippen LogP contribution is 2.16. The van der Waals surface area contributed by atoms with Crippen LogP contribution in [0.4, 0.5) is 5.82 Å². The van der Waals surface area contributed by atoms with E-state index in [0.717, 1.165) is 18.3 Å². The zero-order valence-electron chi connectivity index (χ0n) is 17.9. The summed E-state index contributed by atoms with van der Waals surface area (Å²) < 4.78 is 5.57. The molecular formula is C22H32N4O3. The molecule has 1 amide bonds. The number of carbonyl (C=O) groups excluding carboxylic acids is 2. The van der Waals surface area contributed by atoms with Gasteiger partial charge in [-0.2, -0.15) is 0 Å². The summed E-state index contributed by atoms with van der Waals surface area (Å²) in [4.78, 5) is 30.1. The predicted octanol–water partition coefficient (Wildman–Crippen LogP) is 4.03. The van der Waals surface area contributed by atoms with E-state index in [0.29, 0.717) is 36.2 Å². The van der Waals surface area contributed by atoms with Crippen molar-refractivity contribution in [1.82, 2.24) is 15.3 Å². The minimum absolute atomic E-state index is 0.151. The van der Waals surface area contributed by atoms with E-state index < -0.39 is 0 Å². The van der Waals surface area contributed by atoms with Crippen molar-refractivity contribution in [1.29, 1.82) is 0 Å². The summed E-state index contributed by atoms with van der Waals surface area (Å²) in [7, 11) is 1.77. The molecule has 0 aliphatic carbocycles. The zero-order chi connectivity index (χ0) is 21.6. The number of rotatable bonds is 9. The van der Waals surface area contributed by atoms with Crippen molar-refractivity contribution < 1.29 is 14.3 Å². The number of hydrogen-bond donors (Lipinski definition) is 2. The molecule has 158 valence electrons. The molecule has 0 saturated carbocycles. The van der Waals surface area contributed by atoms with Gasteiger partial charge in [-0.1, -0.05) is 26.8 Å². The van der Waals surface area contributed by atoms with E-state index >= 15 is 0 Å². The van der Waals surface area contributed by atoms with Crippen molar-refractivity contribution >= 4 is 18.0 Å². The summed E-state index contributed by atoms with van der Waals surface area (Å²) in [5, 5.41) is 5.88. The maximum atomic E-state index is 12.3. The average Bonchev–Trinajstić information content (AvgIpc) is 2.73. The number of carbonyl (C=O) groups is 2. The predicted molar refractivity (Wildman–Crippen MR) is 115 cm³/mol. The number of pyridine rings is 2. The van der Waals surface area contributed by atoms with E-state index in [1.54, 1.807) is 31.6 Å². The Labute approximate surface area is 173 Å². The topological polar surface area (TPSA) is 93.2 Å². The average molecular weight is 401 g/mol. The van der Waals surface area contributed by atoms with Gasteiger partial charge in [0.25, 0.3) is 5.91 Å². The Morgan fingerprint density at radius 1 is 1.21 bits per heavy atom. The molecule has 2 aromatic heterocycles. The molecule has 0 aromatic carbocycles. The van der Waals surface area contributed by atoms with Gasteiger partial charge in [-0.05, 0) is 37.0 Å². The second kappa shape index (κ2) is 13.3. The van der Waals surface area contributed by atoms with Crippen LogP contribution >= 0.6 is 0 Å². The largest absolute Gasteiger partial charge is 0.477 e. The second-order valence-electron chi connectivity index (χ2n) is 6.96. The normalized spacial score (nSPS) is 11.1. The van der Waals surface area contributed by atoms with Crippen LogP contribution in [0.3, 0.4) is 0 Å². The molecule has 0 spiro atoms. The van der Waals surface area contributed by atoms with Crippen molar-refractivity contribution in [3.63, 3.8) is 0 Å². The van der Waals surface area contributed by atoms with Crippen LogP contribution in [0.25, 0.3) is 0 Å². The van der Waals surface area contributed by atoms with Crippen LogP contribution in [-0.2, 0) is 4.79 Å². The molecule has 0 aliphatic rings. The van der Waals surface area contributed by atoms with E-state index in [2.05, 4.69) is 34.4 Å². The summed E-state index contributed by atoms with van der Waals surface area (Å²) in [5.41, 5.74) is 1.48. The smallest absolute Gasteiger partial charge is 0.251 e. The molecule has 2 N–H and O–H groups in total. The molecule has 7 heteroatoms. The first-order valence-electron chi connectivity index (χ1n) is 9.88. The van der Waals surface area contributed by atoms with E-state index in [1.807, 2.05) is 26.0 Å². The zero-order valence-corrected chi connectivity index (χ0v) is 17.9. The third-order valence-corrected chi connectivity index (χ3v) is 3.86. The van der Waals surface area contributed by atoms with E-state index in [4.69, 9.17) is 4.74 Å². The Balaban J connectivity index is 0.000000749. The summed E-state index contributed by atoms with van der Waals surface area (Å²) in [6.07, 6.45) is 5.95. The van der Waals surface area contributed by atoms with Crippen molar-refractivity contribution in [2.75, 3.05) is 19.0 Å². The highest BCUT2D eigenvalue weighted by molar-refractivity contribution is 5.95. The fraction of sp³-hybridized carbons (Fsp3) is 0.455. The highest BCUT2D eigenvalue weighted by atomic mass is 16.5. The molecule has 0 saturated heterocycles. The summed E-state index contributed by atoms with van der Waals surface area (Å²) >= 11 is 0. The number of aldehydes is 1. The maximum absolute atomic E-state index is 12.3. The highest BCUT2D eigenvalue weighted by Gasteiger charge is 2.12. The van der Waals surface area contributed by atoms with Crippen LogP contribution in [0, 0.1) is 5.92 Å². The maximum Gasteiger partial charge on any atom is 0.251 e. The van der Waals surface area contributed by atoms with Crippen LogP contribution in [-0.4, -0.2) is 35.8 Å². The molecule has 2 aromatic rings. The van der Waals surface area contributed by atoms with Crippen molar-refractivity contribution in [2.45, 2.75) is 46.6 Å². The monoisotopic (exact) mass is 400 g/mol. The number of anilines is 1. The molecule has 0 aliphatic heterocycles. The minimum Gasteiger partial charge on any atom is -0.477 e. The first kappa shape index (κ1) is 24.1. The number of nitrogens with zero attached hydrogens (tertiary/aromatic N) is 2. The standard InChI is InChI=1S/C18H24N4O2.C4H8O/c1-12(2)11-24-17-6-5-15(10-21-17)13(3)22-18(23)14-7-8-20-16(9-14)19-4;1-2-3-4-5/h5-10,12-13H,11H2,1-4H3,(H,19,20)(H,22,23);4H,2-3H2,1H3. The van der Waals surface area contributed by atoms with Gasteiger partial charge in [0.15, 0.2) is 0 Å². The van der Waals surface area contributed by atoms with Crippen molar-refractivity contribution in [3.05, 3.63) is 47.8 Å². The SMILES string of the molecule is CCCC=O.CNc1cc(C(=O)NC(C)c2ccc(OCC(C)C)nc2)ccn1. The number of hydrogen-bond acceptors (Lipinski definition) is 6. The van der Waals surface area contributed by atoms with Gasteiger partial charge >= 0.3 is 0 Å². The number of aromatic nitrogens is 2. The van der Waals surface area contributed by atoms with Gasteiger partial charge in [-0.25, -0.2) is 9.97 Å². The van der Waals surface area contributed by atoms with Crippen LogP contribution in [0.2, 0.25) is 0 Å². The summed E-state index contributed by atoms with van der Waals surface area (Å²) in [5.74, 6) is 1.55. The van der Waals surface area contributed by atoms with Crippen LogP contribution < -0.4 is 15.4 Å². The number of amides is 1.